The zero-order valence-corrected chi connectivity index (χ0v) is 12.2. The van der Waals surface area contributed by atoms with Crippen molar-refractivity contribution < 1.29 is 9.90 Å². The molecular formula is C14H28N2O2. The molecule has 1 fully saturated rings. The van der Waals surface area contributed by atoms with E-state index in [1.54, 1.807) is 0 Å². The van der Waals surface area contributed by atoms with E-state index in [1.807, 2.05) is 20.8 Å². The van der Waals surface area contributed by atoms with Crippen LogP contribution in [0.2, 0.25) is 0 Å². The summed E-state index contributed by atoms with van der Waals surface area (Å²) in [6.07, 6.45) is 4.01. The van der Waals surface area contributed by atoms with Gasteiger partial charge in [0.15, 0.2) is 0 Å². The molecule has 4 heteroatoms. The zero-order chi connectivity index (χ0) is 13.8. The van der Waals surface area contributed by atoms with Crippen LogP contribution in [-0.4, -0.2) is 35.2 Å². The Morgan fingerprint density at radius 1 is 1.50 bits per heavy atom. The molecule has 0 aromatic rings. The van der Waals surface area contributed by atoms with Crippen molar-refractivity contribution in [3.8, 4) is 0 Å². The Morgan fingerprint density at radius 2 is 2.17 bits per heavy atom. The molecule has 1 saturated carbocycles. The van der Waals surface area contributed by atoms with Crippen molar-refractivity contribution in [1.82, 2.24) is 10.6 Å². The normalized spacial score (nSPS) is 29.1. The second-order valence-corrected chi connectivity index (χ2v) is 6.25. The van der Waals surface area contributed by atoms with Crippen molar-refractivity contribution in [2.75, 3.05) is 13.2 Å². The molecule has 1 rings (SSSR count). The van der Waals surface area contributed by atoms with Gasteiger partial charge in [-0.3, -0.25) is 4.79 Å². The lowest BCUT2D eigenvalue weighted by Gasteiger charge is -2.41. The molecule has 0 spiro atoms. The average Bonchev–Trinajstić information content (AvgIpc) is 2.28. The second-order valence-electron chi connectivity index (χ2n) is 6.25. The zero-order valence-electron chi connectivity index (χ0n) is 12.2. The van der Waals surface area contributed by atoms with Gasteiger partial charge in [0.1, 0.15) is 0 Å². The van der Waals surface area contributed by atoms with Crippen LogP contribution < -0.4 is 10.6 Å². The van der Waals surface area contributed by atoms with E-state index in [9.17, 15) is 9.90 Å². The number of aliphatic hydroxyl groups is 1. The Kier molecular flexibility index (Phi) is 5.17. The summed E-state index contributed by atoms with van der Waals surface area (Å²) in [6, 6.07) is 0. The monoisotopic (exact) mass is 256 g/mol. The second kappa shape index (κ2) is 6.02. The third-order valence-corrected chi connectivity index (χ3v) is 3.96. The fourth-order valence-electron chi connectivity index (χ4n) is 2.88. The van der Waals surface area contributed by atoms with Crippen LogP contribution in [0.1, 0.15) is 53.4 Å². The molecule has 1 aliphatic rings. The Balaban J connectivity index is 2.70. The summed E-state index contributed by atoms with van der Waals surface area (Å²) in [7, 11) is 0. The summed E-state index contributed by atoms with van der Waals surface area (Å²) in [6.45, 7) is 8.71. The highest BCUT2D eigenvalue weighted by Gasteiger charge is 2.39. The van der Waals surface area contributed by atoms with Crippen molar-refractivity contribution >= 4 is 5.91 Å². The maximum absolute atomic E-state index is 12.3. The number of nitrogens with one attached hydrogen (secondary N) is 2. The van der Waals surface area contributed by atoms with Crippen molar-refractivity contribution in [3.05, 3.63) is 0 Å². The highest BCUT2D eigenvalue weighted by molar-refractivity contribution is 5.86. The number of aliphatic hydroxyl groups excluding tert-OH is 1. The Hall–Kier alpha value is -0.610. The quantitative estimate of drug-likeness (QED) is 0.697. The lowest BCUT2D eigenvalue weighted by molar-refractivity contribution is -0.129. The summed E-state index contributed by atoms with van der Waals surface area (Å²) in [4.78, 5) is 12.3. The van der Waals surface area contributed by atoms with Crippen LogP contribution in [0.4, 0.5) is 0 Å². The largest absolute Gasteiger partial charge is 0.394 e. The van der Waals surface area contributed by atoms with E-state index in [2.05, 4.69) is 17.6 Å². The first-order valence-corrected chi connectivity index (χ1v) is 7.04. The van der Waals surface area contributed by atoms with Gasteiger partial charge >= 0.3 is 0 Å². The minimum absolute atomic E-state index is 0.0208. The molecule has 3 N–H and O–H groups in total. The van der Waals surface area contributed by atoms with E-state index >= 15 is 0 Å². The van der Waals surface area contributed by atoms with Gasteiger partial charge in [-0.25, -0.2) is 0 Å². The number of carbonyl (C=O) groups excluding carboxylic acids is 1. The van der Waals surface area contributed by atoms with Crippen LogP contribution in [0.25, 0.3) is 0 Å². The van der Waals surface area contributed by atoms with Gasteiger partial charge in [-0.05, 0) is 39.2 Å². The SMILES string of the molecule is CCNC(C)(C)C(=O)NC1(CO)CCCC(C)C1. The molecule has 0 aliphatic heterocycles. The molecular weight excluding hydrogens is 228 g/mol. The van der Waals surface area contributed by atoms with Gasteiger partial charge in [0.05, 0.1) is 17.7 Å². The van der Waals surface area contributed by atoms with E-state index in [1.165, 1.54) is 6.42 Å². The van der Waals surface area contributed by atoms with E-state index in [0.717, 1.165) is 25.8 Å². The van der Waals surface area contributed by atoms with Gasteiger partial charge in [0.2, 0.25) is 5.91 Å². The van der Waals surface area contributed by atoms with Gasteiger partial charge in [-0.15, -0.1) is 0 Å². The van der Waals surface area contributed by atoms with E-state index < -0.39 is 11.1 Å². The Labute approximate surface area is 111 Å². The average molecular weight is 256 g/mol. The van der Waals surface area contributed by atoms with Crippen LogP contribution in [0, 0.1) is 5.92 Å². The first-order valence-electron chi connectivity index (χ1n) is 7.04. The fourth-order valence-corrected chi connectivity index (χ4v) is 2.88. The van der Waals surface area contributed by atoms with Crippen LogP contribution in [0.5, 0.6) is 0 Å². The van der Waals surface area contributed by atoms with Gasteiger partial charge in [-0.1, -0.05) is 26.7 Å². The molecule has 1 aliphatic carbocycles. The maximum atomic E-state index is 12.3. The van der Waals surface area contributed by atoms with Crippen molar-refractivity contribution in [2.24, 2.45) is 5.92 Å². The molecule has 2 atom stereocenters. The molecule has 0 bridgehead atoms. The minimum atomic E-state index is -0.586. The number of hydrogen-bond acceptors (Lipinski definition) is 3. The fraction of sp³-hybridized carbons (Fsp3) is 0.929. The van der Waals surface area contributed by atoms with Crippen LogP contribution in [0.15, 0.2) is 0 Å². The summed E-state index contributed by atoms with van der Waals surface area (Å²) in [5.74, 6) is 0.543. The molecule has 1 amide bonds. The standard InChI is InChI=1S/C14H28N2O2/c1-5-15-13(3,4)12(18)16-14(10-17)8-6-7-11(2)9-14/h11,15,17H,5-10H2,1-4H3,(H,16,18). The molecule has 2 unspecified atom stereocenters. The predicted molar refractivity (Wildman–Crippen MR) is 73.3 cm³/mol. The number of carbonyl (C=O) groups is 1. The predicted octanol–water partition coefficient (Wildman–Crippen LogP) is 1.43. The molecule has 0 aromatic carbocycles. The highest BCUT2D eigenvalue weighted by Crippen LogP contribution is 2.32. The molecule has 0 aromatic heterocycles. The number of hydrogen-bond donors (Lipinski definition) is 3. The van der Waals surface area contributed by atoms with Crippen molar-refractivity contribution in [1.29, 1.82) is 0 Å². The first kappa shape index (κ1) is 15.4. The molecule has 0 radical (unpaired) electrons. The number of amides is 1. The highest BCUT2D eigenvalue weighted by atomic mass is 16.3. The smallest absolute Gasteiger partial charge is 0.240 e. The van der Waals surface area contributed by atoms with E-state index in [0.29, 0.717) is 5.92 Å². The summed E-state index contributed by atoms with van der Waals surface area (Å²) < 4.78 is 0. The van der Waals surface area contributed by atoms with Crippen molar-refractivity contribution in [2.45, 2.75) is 64.5 Å². The van der Waals surface area contributed by atoms with E-state index in [4.69, 9.17) is 0 Å². The topological polar surface area (TPSA) is 61.4 Å². The molecule has 4 nitrogen and oxygen atoms in total. The van der Waals surface area contributed by atoms with Crippen LogP contribution in [0.3, 0.4) is 0 Å². The third-order valence-electron chi connectivity index (χ3n) is 3.96. The maximum Gasteiger partial charge on any atom is 0.240 e. The third kappa shape index (κ3) is 3.69. The van der Waals surface area contributed by atoms with Gasteiger partial charge in [0, 0.05) is 0 Å². The van der Waals surface area contributed by atoms with Gasteiger partial charge in [-0.2, -0.15) is 0 Å². The molecule has 18 heavy (non-hydrogen) atoms. The Bertz CT molecular complexity index is 292. The van der Waals surface area contributed by atoms with Crippen LogP contribution in [-0.2, 0) is 4.79 Å². The molecule has 0 heterocycles. The summed E-state index contributed by atoms with van der Waals surface area (Å²) in [5.41, 5.74) is -1.00. The van der Waals surface area contributed by atoms with Gasteiger partial charge in [0.25, 0.3) is 0 Å². The summed E-state index contributed by atoms with van der Waals surface area (Å²) in [5, 5.41) is 15.9. The summed E-state index contributed by atoms with van der Waals surface area (Å²) >= 11 is 0. The number of rotatable bonds is 5. The van der Waals surface area contributed by atoms with E-state index in [-0.39, 0.29) is 12.5 Å². The van der Waals surface area contributed by atoms with Gasteiger partial charge < -0.3 is 15.7 Å². The van der Waals surface area contributed by atoms with Crippen LogP contribution >= 0.6 is 0 Å². The van der Waals surface area contributed by atoms with Crippen molar-refractivity contribution in [3.63, 3.8) is 0 Å². The lowest BCUT2D eigenvalue weighted by atomic mass is 9.76. The lowest BCUT2D eigenvalue weighted by Crippen LogP contribution is -2.61. The number of likely N-dealkylation sites (N-methyl/N-ethyl adjacent to an activating group) is 1. The first-order chi connectivity index (χ1) is 8.35. The Morgan fingerprint density at radius 3 is 2.67 bits per heavy atom. The molecule has 106 valence electrons. The molecule has 0 saturated heterocycles. The minimum Gasteiger partial charge on any atom is -0.394 e.